The molecule has 0 radical (unpaired) electrons. The Labute approximate surface area is 103 Å². The SMILES string of the molecule is COCC(C(C)C)n1cc(C(=O)O)c(=O)[nH]c1=O. The minimum atomic E-state index is -1.37. The van der Waals surface area contributed by atoms with Gasteiger partial charge in [-0.3, -0.25) is 14.3 Å². The maximum Gasteiger partial charge on any atom is 0.342 e. The van der Waals surface area contributed by atoms with Gasteiger partial charge in [-0.15, -0.1) is 0 Å². The molecule has 7 nitrogen and oxygen atoms in total. The van der Waals surface area contributed by atoms with Crippen LogP contribution in [0.3, 0.4) is 0 Å². The molecule has 1 unspecified atom stereocenters. The van der Waals surface area contributed by atoms with Gasteiger partial charge in [-0.2, -0.15) is 0 Å². The van der Waals surface area contributed by atoms with Crippen molar-refractivity contribution in [2.75, 3.05) is 13.7 Å². The van der Waals surface area contributed by atoms with Gasteiger partial charge in [-0.1, -0.05) is 13.8 Å². The quantitative estimate of drug-likeness (QED) is 0.776. The highest BCUT2D eigenvalue weighted by Gasteiger charge is 2.20. The molecule has 0 bridgehead atoms. The lowest BCUT2D eigenvalue weighted by atomic mass is 10.1. The number of H-pyrrole nitrogens is 1. The zero-order valence-corrected chi connectivity index (χ0v) is 10.5. The van der Waals surface area contributed by atoms with Crippen molar-refractivity contribution in [3.63, 3.8) is 0 Å². The average molecular weight is 256 g/mol. The summed E-state index contributed by atoms with van der Waals surface area (Å²) in [5.41, 5.74) is -2.00. The summed E-state index contributed by atoms with van der Waals surface area (Å²) < 4.78 is 6.20. The number of methoxy groups -OCH3 is 1. The van der Waals surface area contributed by atoms with Crippen LogP contribution in [0.2, 0.25) is 0 Å². The highest BCUT2D eigenvalue weighted by molar-refractivity contribution is 5.86. The highest BCUT2D eigenvalue weighted by Crippen LogP contribution is 2.15. The van der Waals surface area contributed by atoms with Gasteiger partial charge in [0.1, 0.15) is 5.56 Å². The Morgan fingerprint density at radius 1 is 1.50 bits per heavy atom. The van der Waals surface area contributed by atoms with Gasteiger partial charge in [0.2, 0.25) is 0 Å². The maximum atomic E-state index is 11.7. The van der Waals surface area contributed by atoms with Crippen LogP contribution in [-0.4, -0.2) is 34.3 Å². The monoisotopic (exact) mass is 256 g/mol. The van der Waals surface area contributed by atoms with Crippen LogP contribution in [0.5, 0.6) is 0 Å². The lowest BCUT2D eigenvalue weighted by Crippen LogP contribution is -2.38. The van der Waals surface area contributed by atoms with Gasteiger partial charge in [0.15, 0.2) is 0 Å². The number of aromatic carboxylic acids is 1. The molecule has 0 aliphatic rings. The predicted octanol–water partition coefficient (Wildman–Crippen LogP) is 0.0783. The molecule has 1 heterocycles. The molecule has 0 saturated carbocycles. The summed E-state index contributed by atoms with van der Waals surface area (Å²) in [6, 6.07) is -0.336. The van der Waals surface area contributed by atoms with Crippen molar-refractivity contribution in [1.29, 1.82) is 0 Å². The number of aromatic nitrogens is 2. The third-order valence-corrected chi connectivity index (χ3v) is 2.66. The molecule has 1 aromatic heterocycles. The first-order chi connectivity index (χ1) is 8.38. The molecule has 0 aliphatic heterocycles. The zero-order valence-electron chi connectivity index (χ0n) is 10.5. The molecule has 0 fully saturated rings. The second-order valence-corrected chi connectivity index (χ2v) is 4.28. The van der Waals surface area contributed by atoms with E-state index in [0.717, 1.165) is 6.20 Å². The first-order valence-corrected chi connectivity index (χ1v) is 5.46. The van der Waals surface area contributed by atoms with E-state index < -0.39 is 22.8 Å². The maximum absolute atomic E-state index is 11.7. The number of aromatic amines is 1. The van der Waals surface area contributed by atoms with Crippen molar-refractivity contribution >= 4 is 5.97 Å². The molecule has 2 N–H and O–H groups in total. The van der Waals surface area contributed by atoms with Crippen molar-refractivity contribution < 1.29 is 14.6 Å². The first kappa shape index (κ1) is 14.2. The number of ether oxygens (including phenoxy) is 1. The number of carboxylic acid groups (broad SMARTS) is 1. The van der Waals surface area contributed by atoms with Crippen molar-refractivity contribution in [3.8, 4) is 0 Å². The molecule has 7 heteroatoms. The molecule has 1 atom stereocenters. The minimum Gasteiger partial charge on any atom is -0.477 e. The number of rotatable bonds is 5. The van der Waals surface area contributed by atoms with Crippen molar-refractivity contribution in [3.05, 3.63) is 32.6 Å². The molecule has 0 aliphatic carbocycles. The Hall–Kier alpha value is -1.89. The van der Waals surface area contributed by atoms with Crippen LogP contribution >= 0.6 is 0 Å². The molecule has 0 saturated heterocycles. The number of nitrogens with one attached hydrogen (secondary N) is 1. The van der Waals surface area contributed by atoms with Crippen LogP contribution in [0.15, 0.2) is 15.8 Å². The third-order valence-electron chi connectivity index (χ3n) is 2.66. The largest absolute Gasteiger partial charge is 0.477 e. The zero-order chi connectivity index (χ0) is 13.9. The van der Waals surface area contributed by atoms with Crippen LogP contribution < -0.4 is 11.2 Å². The summed E-state index contributed by atoms with van der Waals surface area (Å²) in [4.78, 5) is 35.9. The number of carbonyl (C=O) groups is 1. The van der Waals surface area contributed by atoms with E-state index in [-0.39, 0.29) is 18.6 Å². The fraction of sp³-hybridized carbons (Fsp3) is 0.545. The van der Waals surface area contributed by atoms with E-state index in [0.29, 0.717) is 0 Å². The van der Waals surface area contributed by atoms with Gasteiger partial charge in [0.25, 0.3) is 5.56 Å². The standard InChI is InChI=1S/C11H16N2O5/c1-6(2)8(5-18-3)13-4-7(10(15)16)9(14)12-11(13)17/h4,6,8H,5H2,1-3H3,(H,15,16)(H,12,14,17). The van der Waals surface area contributed by atoms with E-state index >= 15 is 0 Å². The number of hydrogen-bond acceptors (Lipinski definition) is 4. The van der Waals surface area contributed by atoms with E-state index in [9.17, 15) is 14.4 Å². The van der Waals surface area contributed by atoms with Gasteiger partial charge in [0, 0.05) is 13.3 Å². The van der Waals surface area contributed by atoms with Gasteiger partial charge in [-0.05, 0) is 5.92 Å². The lowest BCUT2D eigenvalue weighted by Gasteiger charge is -2.22. The molecule has 18 heavy (non-hydrogen) atoms. The average Bonchev–Trinajstić information content (AvgIpc) is 2.26. The third kappa shape index (κ3) is 2.86. The smallest absolute Gasteiger partial charge is 0.342 e. The number of nitrogens with zero attached hydrogens (tertiary/aromatic N) is 1. The summed E-state index contributed by atoms with van der Waals surface area (Å²) in [6.07, 6.45) is 1.06. The summed E-state index contributed by atoms with van der Waals surface area (Å²) >= 11 is 0. The molecule has 1 aromatic rings. The normalized spacial score (nSPS) is 12.7. The van der Waals surface area contributed by atoms with Crippen LogP contribution in [0.1, 0.15) is 30.2 Å². The Kier molecular flexibility index (Phi) is 4.43. The molecule has 100 valence electrons. The fourth-order valence-corrected chi connectivity index (χ4v) is 1.65. The molecule has 0 spiro atoms. The summed E-state index contributed by atoms with van der Waals surface area (Å²) in [5, 5.41) is 8.86. The molecular weight excluding hydrogens is 240 g/mol. The van der Waals surface area contributed by atoms with Crippen LogP contribution in [0.25, 0.3) is 0 Å². The van der Waals surface area contributed by atoms with Crippen LogP contribution in [0, 0.1) is 5.92 Å². The summed E-state index contributed by atoms with van der Waals surface area (Å²) in [5.74, 6) is -1.32. The lowest BCUT2D eigenvalue weighted by molar-refractivity contribution is 0.0691. The van der Waals surface area contributed by atoms with E-state index in [1.165, 1.54) is 11.7 Å². The molecule has 0 aromatic carbocycles. The van der Waals surface area contributed by atoms with Crippen LogP contribution in [0.4, 0.5) is 0 Å². The highest BCUT2D eigenvalue weighted by atomic mass is 16.5. The molecule has 1 rings (SSSR count). The van der Waals surface area contributed by atoms with Crippen LogP contribution in [-0.2, 0) is 4.74 Å². The fourth-order valence-electron chi connectivity index (χ4n) is 1.65. The van der Waals surface area contributed by atoms with Gasteiger partial charge in [0.05, 0.1) is 12.6 Å². The summed E-state index contributed by atoms with van der Waals surface area (Å²) in [7, 11) is 1.49. The second-order valence-electron chi connectivity index (χ2n) is 4.28. The van der Waals surface area contributed by atoms with Crippen molar-refractivity contribution in [2.45, 2.75) is 19.9 Å². The van der Waals surface area contributed by atoms with E-state index in [4.69, 9.17) is 9.84 Å². The van der Waals surface area contributed by atoms with Gasteiger partial charge >= 0.3 is 11.7 Å². The number of hydrogen-bond donors (Lipinski definition) is 2. The van der Waals surface area contributed by atoms with Gasteiger partial charge in [-0.25, -0.2) is 9.59 Å². The molecule has 0 amide bonds. The first-order valence-electron chi connectivity index (χ1n) is 5.46. The van der Waals surface area contributed by atoms with E-state index in [2.05, 4.69) is 0 Å². The minimum absolute atomic E-state index is 0.0511. The number of carboxylic acids is 1. The second kappa shape index (κ2) is 5.63. The van der Waals surface area contributed by atoms with Crippen molar-refractivity contribution in [1.82, 2.24) is 9.55 Å². The molecular formula is C11H16N2O5. The Morgan fingerprint density at radius 3 is 2.56 bits per heavy atom. The Balaban J connectivity index is 3.39. The Bertz CT molecular complexity index is 543. The van der Waals surface area contributed by atoms with E-state index in [1.54, 1.807) is 0 Å². The van der Waals surface area contributed by atoms with E-state index in [1.807, 2.05) is 18.8 Å². The topological polar surface area (TPSA) is 101 Å². The summed E-state index contributed by atoms with van der Waals surface area (Å²) in [6.45, 7) is 4.01. The van der Waals surface area contributed by atoms with Gasteiger partial charge < -0.3 is 9.84 Å². The predicted molar refractivity (Wildman–Crippen MR) is 64.0 cm³/mol. The van der Waals surface area contributed by atoms with Crippen molar-refractivity contribution in [2.24, 2.45) is 5.92 Å². The Morgan fingerprint density at radius 2 is 2.11 bits per heavy atom.